The standard InChI is InChI=1S/C22H30N2O2/c1-17-7-9-19(10-8-17)21-15-24(16-22(21)23(2)3)14-18-5-4-6-20(13-18)26-12-11-25/h4-10,13,21-22,25H,11-12,14-16H2,1-3H3/t21-,22+/m0/s1. The Morgan fingerprint density at radius 3 is 2.58 bits per heavy atom. The predicted molar refractivity (Wildman–Crippen MR) is 106 cm³/mol. The van der Waals surface area contributed by atoms with E-state index in [-0.39, 0.29) is 6.61 Å². The predicted octanol–water partition coefficient (Wildman–Crippen LogP) is 2.90. The van der Waals surface area contributed by atoms with Gasteiger partial charge in [0.2, 0.25) is 0 Å². The third-order valence-corrected chi connectivity index (χ3v) is 5.20. The van der Waals surface area contributed by atoms with Crippen molar-refractivity contribution in [3.05, 3.63) is 65.2 Å². The van der Waals surface area contributed by atoms with Crippen LogP contribution in [0.3, 0.4) is 0 Å². The lowest BCUT2D eigenvalue weighted by atomic mass is 9.93. The van der Waals surface area contributed by atoms with Gasteiger partial charge in [0.05, 0.1) is 6.61 Å². The van der Waals surface area contributed by atoms with Gasteiger partial charge in [-0.1, -0.05) is 42.0 Å². The maximum atomic E-state index is 8.92. The highest BCUT2D eigenvalue weighted by molar-refractivity contribution is 5.30. The molecule has 0 amide bonds. The minimum atomic E-state index is 0.0408. The van der Waals surface area contributed by atoms with Gasteiger partial charge in [-0.05, 0) is 44.3 Å². The first-order valence-electron chi connectivity index (χ1n) is 9.35. The van der Waals surface area contributed by atoms with Crippen LogP contribution in [0, 0.1) is 6.92 Å². The third-order valence-electron chi connectivity index (χ3n) is 5.20. The van der Waals surface area contributed by atoms with Crippen LogP contribution in [0.4, 0.5) is 0 Å². The normalized spacial score (nSPS) is 20.7. The van der Waals surface area contributed by atoms with Crippen LogP contribution in [0.5, 0.6) is 5.75 Å². The van der Waals surface area contributed by atoms with Gasteiger partial charge in [-0.2, -0.15) is 0 Å². The molecule has 0 bridgehead atoms. The lowest BCUT2D eigenvalue weighted by Crippen LogP contribution is -2.34. The zero-order valence-electron chi connectivity index (χ0n) is 16.1. The highest BCUT2D eigenvalue weighted by Gasteiger charge is 2.34. The number of aliphatic hydroxyl groups excluding tert-OH is 1. The van der Waals surface area contributed by atoms with Crippen LogP contribution in [0.25, 0.3) is 0 Å². The minimum absolute atomic E-state index is 0.0408. The molecule has 1 aliphatic rings. The molecule has 0 unspecified atom stereocenters. The summed E-state index contributed by atoms with van der Waals surface area (Å²) >= 11 is 0. The van der Waals surface area contributed by atoms with Gasteiger partial charge in [-0.25, -0.2) is 0 Å². The molecule has 26 heavy (non-hydrogen) atoms. The first-order valence-corrected chi connectivity index (χ1v) is 9.35. The van der Waals surface area contributed by atoms with E-state index in [1.165, 1.54) is 16.7 Å². The molecular weight excluding hydrogens is 324 g/mol. The number of aliphatic hydroxyl groups is 1. The Kier molecular flexibility index (Phi) is 6.30. The molecule has 1 fully saturated rings. The second-order valence-electron chi connectivity index (χ2n) is 7.46. The number of rotatable bonds is 7. The molecule has 0 saturated carbocycles. The molecular formula is C22H30N2O2. The van der Waals surface area contributed by atoms with Gasteiger partial charge in [0, 0.05) is 31.6 Å². The molecule has 0 spiro atoms. The van der Waals surface area contributed by atoms with Crippen molar-refractivity contribution in [1.82, 2.24) is 9.80 Å². The highest BCUT2D eigenvalue weighted by atomic mass is 16.5. The van der Waals surface area contributed by atoms with Gasteiger partial charge in [-0.3, -0.25) is 4.90 Å². The fourth-order valence-corrected chi connectivity index (χ4v) is 3.81. The highest BCUT2D eigenvalue weighted by Crippen LogP contribution is 2.31. The molecule has 2 atom stereocenters. The van der Waals surface area contributed by atoms with E-state index in [4.69, 9.17) is 9.84 Å². The van der Waals surface area contributed by atoms with E-state index >= 15 is 0 Å². The summed E-state index contributed by atoms with van der Waals surface area (Å²) in [6, 6.07) is 17.7. The third kappa shape index (κ3) is 4.64. The number of nitrogens with zero attached hydrogens (tertiary/aromatic N) is 2. The van der Waals surface area contributed by atoms with Crippen LogP contribution in [0.15, 0.2) is 48.5 Å². The molecule has 1 N–H and O–H groups in total. The summed E-state index contributed by atoms with van der Waals surface area (Å²) < 4.78 is 5.54. The van der Waals surface area contributed by atoms with Crippen LogP contribution in [-0.4, -0.2) is 61.3 Å². The molecule has 1 heterocycles. The van der Waals surface area contributed by atoms with E-state index in [0.717, 1.165) is 25.4 Å². The van der Waals surface area contributed by atoms with Crippen LogP contribution < -0.4 is 4.74 Å². The van der Waals surface area contributed by atoms with Crippen molar-refractivity contribution in [2.45, 2.75) is 25.4 Å². The Hall–Kier alpha value is -1.88. The number of hydrogen-bond acceptors (Lipinski definition) is 4. The number of likely N-dealkylation sites (tertiary alicyclic amines) is 1. The molecule has 2 aromatic carbocycles. The molecule has 4 nitrogen and oxygen atoms in total. The number of benzene rings is 2. The number of ether oxygens (including phenoxy) is 1. The fraction of sp³-hybridized carbons (Fsp3) is 0.455. The number of likely N-dealkylation sites (N-methyl/N-ethyl adjacent to an activating group) is 1. The quantitative estimate of drug-likeness (QED) is 0.829. The Balaban J connectivity index is 1.70. The summed E-state index contributed by atoms with van der Waals surface area (Å²) in [4.78, 5) is 4.88. The molecule has 3 rings (SSSR count). The van der Waals surface area contributed by atoms with Crippen LogP contribution in [0.2, 0.25) is 0 Å². The summed E-state index contributed by atoms with van der Waals surface area (Å²) in [5.41, 5.74) is 3.99. The van der Waals surface area contributed by atoms with Crippen LogP contribution >= 0.6 is 0 Å². The van der Waals surface area contributed by atoms with Gasteiger partial charge in [-0.15, -0.1) is 0 Å². The lowest BCUT2D eigenvalue weighted by molar-refractivity contribution is 0.201. The fourth-order valence-electron chi connectivity index (χ4n) is 3.81. The number of aryl methyl sites for hydroxylation is 1. The zero-order valence-corrected chi connectivity index (χ0v) is 16.1. The van der Waals surface area contributed by atoms with E-state index < -0.39 is 0 Å². The average molecular weight is 354 g/mol. The molecule has 1 saturated heterocycles. The molecule has 0 aromatic heterocycles. The van der Waals surface area contributed by atoms with Crippen molar-refractivity contribution >= 4 is 0 Å². The summed E-state index contributed by atoms with van der Waals surface area (Å²) in [5.74, 6) is 1.36. The largest absolute Gasteiger partial charge is 0.491 e. The van der Waals surface area contributed by atoms with E-state index in [9.17, 15) is 0 Å². The Bertz CT molecular complexity index is 700. The first kappa shape index (κ1) is 18.9. The topological polar surface area (TPSA) is 35.9 Å². The van der Waals surface area contributed by atoms with Gasteiger partial charge in [0.1, 0.15) is 12.4 Å². The maximum absolute atomic E-state index is 8.92. The van der Waals surface area contributed by atoms with Gasteiger partial charge < -0.3 is 14.7 Å². The van der Waals surface area contributed by atoms with Gasteiger partial charge in [0.25, 0.3) is 0 Å². The molecule has 0 radical (unpaired) electrons. The van der Waals surface area contributed by atoms with Crippen LogP contribution in [-0.2, 0) is 6.54 Å². The van der Waals surface area contributed by atoms with E-state index in [1.54, 1.807) is 0 Å². The van der Waals surface area contributed by atoms with E-state index in [1.807, 2.05) is 12.1 Å². The second-order valence-corrected chi connectivity index (χ2v) is 7.46. The average Bonchev–Trinajstić information content (AvgIpc) is 3.05. The Morgan fingerprint density at radius 2 is 1.88 bits per heavy atom. The first-order chi connectivity index (χ1) is 12.6. The summed E-state index contributed by atoms with van der Waals surface area (Å²) in [6.45, 7) is 5.56. The Labute approximate surface area is 157 Å². The van der Waals surface area contributed by atoms with Crippen LogP contribution in [0.1, 0.15) is 22.6 Å². The van der Waals surface area contributed by atoms with E-state index in [2.05, 4.69) is 67.2 Å². The molecule has 0 aliphatic carbocycles. The molecule has 1 aliphatic heterocycles. The van der Waals surface area contributed by atoms with Gasteiger partial charge >= 0.3 is 0 Å². The molecule has 4 heteroatoms. The molecule has 140 valence electrons. The maximum Gasteiger partial charge on any atom is 0.119 e. The smallest absolute Gasteiger partial charge is 0.119 e. The number of hydrogen-bond donors (Lipinski definition) is 1. The van der Waals surface area contributed by atoms with Gasteiger partial charge in [0.15, 0.2) is 0 Å². The van der Waals surface area contributed by atoms with Crippen molar-refractivity contribution in [2.75, 3.05) is 40.4 Å². The van der Waals surface area contributed by atoms with Crippen molar-refractivity contribution in [3.8, 4) is 5.75 Å². The summed E-state index contributed by atoms with van der Waals surface area (Å²) in [7, 11) is 4.36. The van der Waals surface area contributed by atoms with Crippen molar-refractivity contribution in [1.29, 1.82) is 0 Å². The van der Waals surface area contributed by atoms with Crippen molar-refractivity contribution in [2.24, 2.45) is 0 Å². The SMILES string of the molecule is Cc1ccc([C@@H]2CN(Cc3cccc(OCCO)c3)C[C@H]2N(C)C)cc1. The summed E-state index contributed by atoms with van der Waals surface area (Å²) in [5, 5.41) is 8.92. The van der Waals surface area contributed by atoms with Crippen molar-refractivity contribution in [3.63, 3.8) is 0 Å². The lowest BCUT2D eigenvalue weighted by Gasteiger charge is -2.25. The summed E-state index contributed by atoms with van der Waals surface area (Å²) in [6.07, 6.45) is 0. The minimum Gasteiger partial charge on any atom is -0.491 e. The zero-order chi connectivity index (χ0) is 18.5. The van der Waals surface area contributed by atoms with Crippen molar-refractivity contribution < 1.29 is 9.84 Å². The second kappa shape index (κ2) is 8.67. The van der Waals surface area contributed by atoms with E-state index in [0.29, 0.717) is 18.6 Å². The monoisotopic (exact) mass is 354 g/mol. The molecule has 2 aromatic rings. The Morgan fingerprint density at radius 1 is 1.12 bits per heavy atom.